The number of halogens is 6. The van der Waals surface area contributed by atoms with Gasteiger partial charge in [-0.25, -0.2) is 4.79 Å². The molecule has 0 N–H and O–H groups in total. The maximum absolute atomic E-state index is 13.7. The zero-order valence-corrected chi connectivity index (χ0v) is 25.5. The summed E-state index contributed by atoms with van der Waals surface area (Å²) in [4.78, 5) is 18.0. The normalized spacial score (nSPS) is 17.6. The second-order valence-corrected chi connectivity index (χ2v) is 12.0. The van der Waals surface area contributed by atoms with E-state index in [9.17, 15) is 31.1 Å². The van der Waals surface area contributed by atoms with E-state index in [0.29, 0.717) is 37.1 Å². The summed E-state index contributed by atoms with van der Waals surface area (Å²) in [6.45, 7) is 5.85. The maximum atomic E-state index is 13.7. The number of ether oxygens (including phenoxy) is 1. The third-order valence-corrected chi connectivity index (χ3v) is 8.50. The van der Waals surface area contributed by atoms with Crippen LogP contribution in [-0.2, 0) is 43.5 Å². The molecule has 0 radical (unpaired) electrons. The Balaban J connectivity index is 1.62. The zero-order chi connectivity index (χ0) is 32.7. The van der Waals surface area contributed by atoms with Crippen LogP contribution in [0.5, 0.6) is 0 Å². The fourth-order valence-electron chi connectivity index (χ4n) is 6.26. The smallest absolute Gasteiger partial charge is 0.416 e. The minimum atomic E-state index is -4.99. The number of aromatic nitrogens is 4. The number of amides is 1. The average Bonchev–Trinajstić information content (AvgIpc) is 3.57. The molecule has 1 aliphatic heterocycles. The number of carbonyl (C=O) groups is 1. The topological polar surface area (TPSA) is 76.4 Å². The van der Waals surface area contributed by atoms with Gasteiger partial charge in [0.2, 0.25) is 0 Å². The molecule has 0 spiro atoms. The van der Waals surface area contributed by atoms with Crippen molar-refractivity contribution in [2.75, 3.05) is 16.3 Å². The van der Waals surface area contributed by atoms with Crippen LogP contribution in [0.4, 0.5) is 42.8 Å². The Morgan fingerprint density at radius 1 is 1.00 bits per heavy atom. The molecule has 2 aromatic carbocycles. The quantitative estimate of drug-likeness (QED) is 0.248. The van der Waals surface area contributed by atoms with Gasteiger partial charge >= 0.3 is 18.4 Å². The Morgan fingerprint density at radius 2 is 1.64 bits per heavy atom. The summed E-state index contributed by atoms with van der Waals surface area (Å²) in [6, 6.07) is 4.94. The fraction of sp³-hybridized carbons (Fsp3) is 0.548. The van der Waals surface area contributed by atoms with Gasteiger partial charge in [0.1, 0.15) is 6.10 Å². The number of tetrazole rings is 1. The minimum absolute atomic E-state index is 0.0433. The van der Waals surface area contributed by atoms with Crippen LogP contribution in [0.3, 0.4) is 0 Å². The van der Waals surface area contributed by atoms with Crippen LogP contribution in [0, 0.1) is 5.92 Å². The van der Waals surface area contributed by atoms with Crippen LogP contribution in [-0.4, -0.2) is 38.9 Å². The first-order valence-corrected chi connectivity index (χ1v) is 15.1. The molecular weight excluding hydrogens is 602 g/mol. The van der Waals surface area contributed by atoms with E-state index < -0.39 is 35.6 Å². The highest BCUT2D eigenvalue weighted by Gasteiger charge is 2.39. The number of carbonyl (C=O) groups excluding carboxylic acids is 1. The van der Waals surface area contributed by atoms with Gasteiger partial charge in [0, 0.05) is 13.1 Å². The lowest BCUT2D eigenvalue weighted by Crippen LogP contribution is -2.36. The van der Waals surface area contributed by atoms with Gasteiger partial charge in [-0.05, 0) is 96.2 Å². The van der Waals surface area contributed by atoms with Gasteiger partial charge in [-0.2, -0.15) is 31.1 Å². The maximum Gasteiger partial charge on any atom is 0.416 e. The van der Waals surface area contributed by atoms with E-state index in [1.807, 2.05) is 32.9 Å². The number of hydrogen-bond donors (Lipinski definition) is 0. The molecule has 2 heterocycles. The third kappa shape index (κ3) is 7.04. The summed E-state index contributed by atoms with van der Waals surface area (Å²) in [6.07, 6.45) is -6.66. The third-order valence-electron chi connectivity index (χ3n) is 8.50. The second-order valence-electron chi connectivity index (χ2n) is 12.0. The number of anilines is 2. The average molecular weight is 639 g/mol. The lowest BCUT2D eigenvalue weighted by atomic mass is 9.95. The van der Waals surface area contributed by atoms with E-state index in [-0.39, 0.29) is 36.1 Å². The van der Waals surface area contributed by atoms with Crippen LogP contribution in [0.2, 0.25) is 0 Å². The lowest BCUT2D eigenvalue weighted by Gasteiger charge is -2.33. The highest BCUT2D eigenvalue weighted by molar-refractivity contribution is 5.89. The molecule has 1 aromatic heterocycles. The molecule has 0 bridgehead atoms. The summed E-state index contributed by atoms with van der Waals surface area (Å²) in [5.74, 6) is 0.146. The number of rotatable bonds is 7. The summed E-state index contributed by atoms with van der Waals surface area (Å²) in [5, 5.41) is 12.3. The highest BCUT2D eigenvalue weighted by atomic mass is 19.4. The summed E-state index contributed by atoms with van der Waals surface area (Å²) >= 11 is 0. The molecule has 0 saturated heterocycles. The van der Waals surface area contributed by atoms with Crippen LogP contribution in [0.15, 0.2) is 30.3 Å². The monoisotopic (exact) mass is 638 g/mol. The van der Waals surface area contributed by atoms with Crippen molar-refractivity contribution in [1.82, 2.24) is 20.2 Å². The first-order valence-electron chi connectivity index (χ1n) is 15.1. The molecule has 5 rings (SSSR count). The van der Waals surface area contributed by atoms with E-state index >= 15 is 0 Å². The predicted octanol–water partition coefficient (Wildman–Crippen LogP) is 7.66. The second kappa shape index (κ2) is 12.5. The molecule has 3 aromatic rings. The predicted molar refractivity (Wildman–Crippen MR) is 155 cm³/mol. The van der Waals surface area contributed by atoms with Crippen LogP contribution < -0.4 is 9.80 Å². The van der Waals surface area contributed by atoms with Gasteiger partial charge in [0.25, 0.3) is 5.95 Å². The molecule has 45 heavy (non-hydrogen) atoms. The molecule has 1 unspecified atom stereocenters. The number of fused-ring (bicyclic) bond motifs is 2. The number of aryl methyl sites for hydroxylation is 3. The number of alkyl halides is 6. The highest BCUT2D eigenvalue weighted by Crippen LogP contribution is 2.43. The van der Waals surface area contributed by atoms with Gasteiger partial charge in [-0.1, -0.05) is 31.9 Å². The number of benzene rings is 2. The van der Waals surface area contributed by atoms with Crippen molar-refractivity contribution in [1.29, 1.82) is 0 Å². The summed E-state index contributed by atoms with van der Waals surface area (Å²) in [7, 11) is 1.52. The fourth-order valence-corrected chi connectivity index (χ4v) is 6.26. The number of nitrogens with zero attached hydrogens (tertiary/aromatic N) is 6. The van der Waals surface area contributed by atoms with Crippen molar-refractivity contribution in [3.05, 3.63) is 63.7 Å². The molecule has 8 nitrogen and oxygen atoms in total. The molecule has 14 heteroatoms. The van der Waals surface area contributed by atoms with Crippen LogP contribution >= 0.6 is 0 Å². The van der Waals surface area contributed by atoms with E-state index in [1.165, 1.54) is 11.8 Å². The molecule has 2 aliphatic rings. The molecule has 244 valence electrons. The zero-order valence-electron chi connectivity index (χ0n) is 25.5. The molecule has 2 atom stereocenters. The lowest BCUT2D eigenvalue weighted by molar-refractivity contribution is -0.143. The van der Waals surface area contributed by atoms with E-state index in [0.717, 1.165) is 42.5 Å². The number of hydrogen-bond acceptors (Lipinski definition) is 6. The van der Waals surface area contributed by atoms with Crippen molar-refractivity contribution in [3.63, 3.8) is 0 Å². The van der Waals surface area contributed by atoms with Crippen molar-refractivity contribution >= 4 is 17.7 Å². The first-order chi connectivity index (χ1) is 21.2. The summed E-state index contributed by atoms with van der Waals surface area (Å²) < 4.78 is 88.4. The Bertz CT molecular complexity index is 1500. The van der Waals surface area contributed by atoms with Crippen molar-refractivity contribution in [2.24, 2.45) is 13.0 Å². The van der Waals surface area contributed by atoms with Gasteiger partial charge in [0.15, 0.2) is 0 Å². The van der Waals surface area contributed by atoms with Crippen molar-refractivity contribution in [3.8, 4) is 0 Å². The van der Waals surface area contributed by atoms with Gasteiger partial charge in [0.05, 0.1) is 29.9 Å². The van der Waals surface area contributed by atoms with E-state index in [4.69, 9.17) is 4.74 Å². The minimum Gasteiger partial charge on any atom is -0.446 e. The molecule has 0 fully saturated rings. The Hall–Kier alpha value is -3.84. The van der Waals surface area contributed by atoms with Crippen LogP contribution in [0.25, 0.3) is 0 Å². The SMILES string of the molecule is CCC(OC(=O)N1CCC[C@H](N(Cc2cc(C(F)(F)F)cc(C(F)(F)F)c2)c2nnn(C)n2)c2cc3c(cc21)CCC3)C(C)C. The Morgan fingerprint density at radius 3 is 2.20 bits per heavy atom. The molecule has 1 amide bonds. The molecule has 0 saturated carbocycles. The van der Waals surface area contributed by atoms with E-state index in [2.05, 4.69) is 15.4 Å². The van der Waals surface area contributed by atoms with Crippen molar-refractivity contribution in [2.45, 2.75) is 90.3 Å². The van der Waals surface area contributed by atoms with Crippen molar-refractivity contribution < 1.29 is 35.9 Å². The Labute approximate surface area is 257 Å². The van der Waals surface area contributed by atoms with Crippen LogP contribution in [0.1, 0.15) is 85.9 Å². The first kappa shape index (κ1) is 32.6. The Kier molecular flexibility index (Phi) is 9.05. The van der Waals surface area contributed by atoms with Gasteiger partial charge in [-0.15, -0.1) is 5.10 Å². The molecular formula is C31H36F6N6O2. The van der Waals surface area contributed by atoms with Gasteiger partial charge in [-0.3, -0.25) is 4.90 Å². The van der Waals surface area contributed by atoms with E-state index in [1.54, 1.807) is 9.80 Å². The largest absolute Gasteiger partial charge is 0.446 e. The van der Waals surface area contributed by atoms with Gasteiger partial charge < -0.3 is 9.64 Å². The standard InChI is InChI=1S/C31H36F6N6O2/c1-5-27(18(2)3)45-29(44)42-11-7-10-25(24-14-20-8-6-9-21(20)15-26(24)42)43(28-38-40-41(4)39-28)17-19-12-22(30(32,33)34)16-23(13-19)31(35,36)37/h12-16,18,25,27H,5-11,17H2,1-4H3/t25-,27?/m0/s1. The molecule has 1 aliphatic carbocycles. The summed E-state index contributed by atoms with van der Waals surface area (Å²) in [5.41, 5.74) is 0.489.